The normalized spacial score (nSPS) is 10.5. The Morgan fingerprint density at radius 3 is 2.88 bits per heavy atom. The van der Waals surface area contributed by atoms with E-state index in [1.54, 1.807) is 6.20 Å². The van der Waals surface area contributed by atoms with Gasteiger partial charge in [0, 0.05) is 19.3 Å². The quantitative estimate of drug-likeness (QED) is 0.454. The summed E-state index contributed by atoms with van der Waals surface area (Å²) in [4.78, 5) is 21.1. The fourth-order valence-corrected chi connectivity index (χ4v) is 1.44. The molecule has 0 unspecified atom stereocenters. The molecule has 0 bridgehead atoms. The van der Waals surface area contributed by atoms with Crippen molar-refractivity contribution in [3.05, 3.63) is 11.8 Å². The number of nitrogens with one attached hydrogen (secondary N) is 1. The maximum absolute atomic E-state index is 10.8. The minimum Gasteiger partial charge on any atom is -0.368 e. The van der Waals surface area contributed by atoms with Gasteiger partial charge in [0.25, 0.3) is 0 Å². The third-order valence-corrected chi connectivity index (χ3v) is 2.52. The van der Waals surface area contributed by atoms with Crippen molar-refractivity contribution in [2.75, 3.05) is 38.8 Å². The minimum absolute atomic E-state index is 0.497. The average molecular weight is 240 g/mol. The van der Waals surface area contributed by atoms with E-state index in [9.17, 15) is 4.79 Å². The van der Waals surface area contributed by atoms with Crippen molar-refractivity contribution in [3.63, 3.8) is 0 Å². The topological polar surface area (TPSA) is 58.1 Å². The van der Waals surface area contributed by atoms with Crippen LogP contribution in [0.4, 0.5) is 5.82 Å². The molecule has 0 aliphatic carbocycles. The number of carbonyl (C=O) groups excluding carboxylic acids is 1. The molecule has 0 aliphatic heterocycles. The summed E-state index contributed by atoms with van der Waals surface area (Å²) in [5.41, 5.74) is 0.497. The van der Waals surface area contributed by atoms with Crippen molar-refractivity contribution in [1.29, 1.82) is 0 Å². The molecule has 6 heteroatoms. The van der Waals surface area contributed by atoms with Gasteiger partial charge in [-0.05, 0) is 20.4 Å². The Labute approximate surface area is 99.7 Å². The van der Waals surface area contributed by atoms with Gasteiger partial charge in [-0.2, -0.15) is 0 Å². The zero-order valence-corrected chi connectivity index (χ0v) is 10.5. The van der Waals surface area contributed by atoms with Gasteiger partial charge in [0.2, 0.25) is 0 Å². The van der Waals surface area contributed by atoms with E-state index in [1.165, 1.54) is 11.8 Å². The highest BCUT2D eigenvalue weighted by molar-refractivity contribution is 7.98. The summed E-state index contributed by atoms with van der Waals surface area (Å²) in [6, 6.07) is 0. The third-order valence-electron chi connectivity index (χ3n) is 1.96. The van der Waals surface area contributed by atoms with E-state index in [0.29, 0.717) is 16.5 Å². The molecule has 0 aliphatic rings. The third kappa shape index (κ3) is 3.79. The van der Waals surface area contributed by atoms with E-state index in [1.807, 2.05) is 20.4 Å². The Morgan fingerprint density at radius 1 is 1.56 bits per heavy atom. The molecule has 0 atom stereocenters. The second-order valence-corrected chi connectivity index (χ2v) is 4.28. The Bertz CT molecular complexity index is 357. The Balaban J connectivity index is 2.71. The molecule has 1 aromatic heterocycles. The van der Waals surface area contributed by atoms with Gasteiger partial charge in [0.05, 0.1) is 5.56 Å². The summed E-state index contributed by atoms with van der Waals surface area (Å²) in [6.07, 6.45) is 4.21. The summed E-state index contributed by atoms with van der Waals surface area (Å²) in [6.45, 7) is 1.63. The molecule has 1 heterocycles. The highest BCUT2D eigenvalue weighted by atomic mass is 32.2. The molecule has 0 saturated carbocycles. The highest BCUT2D eigenvalue weighted by Crippen LogP contribution is 2.14. The zero-order valence-electron chi connectivity index (χ0n) is 9.73. The Kier molecular flexibility index (Phi) is 5.21. The molecule has 0 aromatic carbocycles. The second-order valence-electron chi connectivity index (χ2n) is 3.51. The number of aldehydes is 1. The molecular formula is C10H16N4OS. The van der Waals surface area contributed by atoms with E-state index in [0.717, 1.165) is 19.4 Å². The van der Waals surface area contributed by atoms with Gasteiger partial charge >= 0.3 is 0 Å². The monoisotopic (exact) mass is 240 g/mol. The molecule has 0 spiro atoms. The molecule has 88 valence electrons. The molecule has 16 heavy (non-hydrogen) atoms. The summed E-state index contributed by atoms with van der Waals surface area (Å²) in [5.74, 6) is 0.608. The number of rotatable bonds is 6. The van der Waals surface area contributed by atoms with E-state index >= 15 is 0 Å². The lowest BCUT2D eigenvalue weighted by atomic mass is 10.3. The predicted molar refractivity (Wildman–Crippen MR) is 66.2 cm³/mol. The number of aromatic nitrogens is 2. The van der Waals surface area contributed by atoms with E-state index in [4.69, 9.17) is 0 Å². The van der Waals surface area contributed by atoms with Crippen LogP contribution in [0.5, 0.6) is 0 Å². The Morgan fingerprint density at radius 2 is 2.31 bits per heavy atom. The number of hydrogen-bond acceptors (Lipinski definition) is 6. The molecule has 5 nitrogen and oxygen atoms in total. The van der Waals surface area contributed by atoms with Crippen LogP contribution in [0, 0.1) is 0 Å². The molecule has 1 rings (SSSR count). The van der Waals surface area contributed by atoms with Gasteiger partial charge < -0.3 is 10.2 Å². The van der Waals surface area contributed by atoms with Crippen molar-refractivity contribution in [1.82, 2.24) is 14.9 Å². The van der Waals surface area contributed by atoms with Crippen LogP contribution in [0.15, 0.2) is 11.4 Å². The van der Waals surface area contributed by atoms with Crippen LogP contribution in [0.2, 0.25) is 0 Å². The fourth-order valence-electron chi connectivity index (χ4n) is 1.10. The van der Waals surface area contributed by atoms with Gasteiger partial charge in [-0.3, -0.25) is 4.79 Å². The first-order chi connectivity index (χ1) is 7.67. The lowest BCUT2D eigenvalue weighted by molar-refractivity contribution is 0.112. The van der Waals surface area contributed by atoms with Crippen LogP contribution in [-0.4, -0.2) is 54.6 Å². The lowest BCUT2D eigenvalue weighted by Crippen LogP contribution is -2.21. The first-order valence-corrected chi connectivity index (χ1v) is 6.14. The molecular weight excluding hydrogens is 224 g/mol. The summed E-state index contributed by atoms with van der Waals surface area (Å²) < 4.78 is 0. The maximum Gasteiger partial charge on any atom is 0.189 e. The van der Waals surface area contributed by atoms with Crippen LogP contribution >= 0.6 is 11.8 Å². The molecule has 0 saturated heterocycles. The van der Waals surface area contributed by atoms with Crippen molar-refractivity contribution < 1.29 is 4.79 Å². The lowest BCUT2D eigenvalue weighted by Gasteiger charge is -2.12. The molecule has 0 radical (unpaired) electrons. The molecule has 0 amide bonds. The summed E-state index contributed by atoms with van der Waals surface area (Å²) in [7, 11) is 3.99. The first kappa shape index (κ1) is 12.9. The van der Waals surface area contributed by atoms with Gasteiger partial charge in [-0.1, -0.05) is 11.8 Å². The van der Waals surface area contributed by atoms with Gasteiger partial charge in [-0.25, -0.2) is 9.97 Å². The molecule has 0 fully saturated rings. The first-order valence-electron chi connectivity index (χ1n) is 4.92. The number of hydrogen-bond donors (Lipinski definition) is 1. The number of nitrogens with zero attached hydrogens (tertiary/aromatic N) is 3. The second kappa shape index (κ2) is 6.44. The SMILES string of the molecule is CSc1ncc(C=O)c(NCCN(C)C)n1. The van der Waals surface area contributed by atoms with Crippen LogP contribution in [0.3, 0.4) is 0 Å². The largest absolute Gasteiger partial charge is 0.368 e. The number of carbonyl (C=O) groups is 1. The van der Waals surface area contributed by atoms with Crippen LogP contribution < -0.4 is 5.32 Å². The smallest absolute Gasteiger partial charge is 0.189 e. The fraction of sp³-hybridized carbons (Fsp3) is 0.500. The summed E-state index contributed by atoms with van der Waals surface area (Å²) >= 11 is 1.45. The maximum atomic E-state index is 10.8. The number of anilines is 1. The zero-order chi connectivity index (χ0) is 12.0. The minimum atomic E-state index is 0.497. The molecule has 1 aromatic rings. The highest BCUT2D eigenvalue weighted by Gasteiger charge is 2.05. The number of likely N-dealkylation sites (N-methyl/N-ethyl adjacent to an activating group) is 1. The standard InChI is InChI=1S/C10H16N4OS/c1-14(2)5-4-11-9-8(7-15)6-12-10(13-9)16-3/h6-7H,4-5H2,1-3H3,(H,11,12,13). The van der Waals surface area contributed by atoms with Gasteiger partial charge in [0.15, 0.2) is 11.4 Å². The van der Waals surface area contributed by atoms with Crippen molar-refractivity contribution >= 4 is 23.9 Å². The van der Waals surface area contributed by atoms with E-state index in [-0.39, 0.29) is 0 Å². The Hall–Kier alpha value is -1.14. The van der Waals surface area contributed by atoms with E-state index < -0.39 is 0 Å². The van der Waals surface area contributed by atoms with Crippen molar-refractivity contribution in [2.45, 2.75) is 5.16 Å². The van der Waals surface area contributed by atoms with Crippen LogP contribution in [0.1, 0.15) is 10.4 Å². The van der Waals surface area contributed by atoms with Crippen molar-refractivity contribution in [3.8, 4) is 0 Å². The van der Waals surface area contributed by atoms with Crippen LogP contribution in [-0.2, 0) is 0 Å². The molecule has 1 N–H and O–H groups in total. The predicted octanol–water partition coefficient (Wildman–Crippen LogP) is 0.984. The van der Waals surface area contributed by atoms with Gasteiger partial charge in [0.1, 0.15) is 5.82 Å². The van der Waals surface area contributed by atoms with E-state index in [2.05, 4.69) is 20.2 Å². The summed E-state index contributed by atoms with van der Waals surface area (Å²) in [5, 5.41) is 3.80. The van der Waals surface area contributed by atoms with Crippen molar-refractivity contribution in [2.24, 2.45) is 0 Å². The van der Waals surface area contributed by atoms with Crippen LogP contribution in [0.25, 0.3) is 0 Å². The number of thioether (sulfide) groups is 1. The van der Waals surface area contributed by atoms with Gasteiger partial charge in [-0.15, -0.1) is 0 Å². The average Bonchev–Trinajstić information content (AvgIpc) is 2.28.